The van der Waals surface area contributed by atoms with E-state index in [1.807, 2.05) is 13.0 Å². The highest BCUT2D eigenvalue weighted by molar-refractivity contribution is 5.82. The number of carbonyl (C=O) groups is 1. The first-order valence-corrected chi connectivity index (χ1v) is 5.26. The van der Waals surface area contributed by atoms with Gasteiger partial charge in [0.2, 0.25) is 0 Å². The summed E-state index contributed by atoms with van der Waals surface area (Å²) >= 11 is 0. The third kappa shape index (κ3) is 3.02. The molecule has 78 valence electrons. The number of esters is 1. The van der Waals surface area contributed by atoms with E-state index in [4.69, 9.17) is 4.74 Å². The normalized spacial score (nSPS) is 23.8. The van der Waals surface area contributed by atoms with E-state index in [0.29, 0.717) is 12.5 Å². The Morgan fingerprint density at radius 3 is 3.14 bits per heavy atom. The summed E-state index contributed by atoms with van der Waals surface area (Å²) in [6.07, 6.45) is 7.98. The van der Waals surface area contributed by atoms with Crippen LogP contribution in [-0.4, -0.2) is 12.6 Å². The lowest BCUT2D eigenvalue weighted by molar-refractivity contribution is -0.137. The average molecular weight is 194 g/mol. The Balaban J connectivity index is 2.56. The largest absolute Gasteiger partial charge is 0.463 e. The van der Waals surface area contributed by atoms with Crippen molar-refractivity contribution >= 4 is 5.97 Å². The average Bonchev–Trinajstić information content (AvgIpc) is 2.54. The Hall–Kier alpha value is -1.05. The van der Waals surface area contributed by atoms with Crippen LogP contribution in [0, 0.1) is 5.92 Å². The number of hydrogen-bond donors (Lipinski definition) is 0. The maximum absolute atomic E-state index is 11.2. The Bertz CT molecular complexity index is 241. The molecule has 0 radical (unpaired) electrons. The van der Waals surface area contributed by atoms with Gasteiger partial charge in [0.25, 0.3) is 0 Å². The zero-order valence-electron chi connectivity index (χ0n) is 8.79. The van der Waals surface area contributed by atoms with Gasteiger partial charge in [0.05, 0.1) is 6.61 Å². The molecule has 0 N–H and O–H groups in total. The molecule has 0 aromatic carbocycles. The lowest BCUT2D eigenvalue weighted by Crippen LogP contribution is -2.03. The van der Waals surface area contributed by atoms with Gasteiger partial charge in [-0.15, -0.1) is 6.58 Å². The fraction of sp³-hybridized carbons (Fsp3) is 0.583. The second-order valence-electron chi connectivity index (χ2n) is 3.58. The molecule has 2 nitrogen and oxygen atoms in total. The minimum atomic E-state index is -0.196. The van der Waals surface area contributed by atoms with Crippen molar-refractivity contribution in [2.45, 2.75) is 32.6 Å². The van der Waals surface area contributed by atoms with E-state index in [-0.39, 0.29) is 5.97 Å². The van der Waals surface area contributed by atoms with Crippen molar-refractivity contribution in [3.63, 3.8) is 0 Å². The van der Waals surface area contributed by atoms with Crippen molar-refractivity contribution in [1.82, 2.24) is 0 Å². The highest BCUT2D eigenvalue weighted by atomic mass is 16.5. The van der Waals surface area contributed by atoms with E-state index in [2.05, 4.69) is 6.58 Å². The van der Waals surface area contributed by atoms with Crippen molar-refractivity contribution in [1.29, 1.82) is 0 Å². The van der Waals surface area contributed by atoms with Crippen LogP contribution in [-0.2, 0) is 9.53 Å². The summed E-state index contributed by atoms with van der Waals surface area (Å²) in [4.78, 5) is 11.2. The van der Waals surface area contributed by atoms with E-state index >= 15 is 0 Å². The van der Waals surface area contributed by atoms with Gasteiger partial charge in [0.15, 0.2) is 0 Å². The van der Waals surface area contributed by atoms with Crippen LogP contribution in [0.5, 0.6) is 0 Å². The van der Waals surface area contributed by atoms with Gasteiger partial charge in [-0.1, -0.05) is 11.6 Å². The molecular formula is C12H18O2. The number of rotatable bonds is 4. The quantitative estimate of drug-likeness (QED) is 0.391. The minimum Gasteiger partial charge on any atom is -0.463 e. The van der Waals surface area contributed by atoms with E-state index in [1.165, 1.54) is 18.4 Å². The van der Waals surface area contributed by atoms with Crippen molar-refractivity contribution < 1.29 is 9.53 Å². The van der Waals surface area contributed by atoms with Gasteiger partial charge in [-0.05, 0) is 38.5 Å². The molecule has 1 aliphatic carbocycles. The van der Waals surface area contributed by atoms with Gasteiger partial charge < -0.3 is 4.74 Å². The van der Waals surface area contributed by atoms with E-state index in [1.54, 1.807) is 6.08 Å². The van der Waals surface area contributed by atoms with Crippen molar-refractivity contribution in [3.05, 3.63) is 24.3 Å². The van der Waals surface area contributed by atoms with Crippen molar-refractivity contribution in [2.75, 3.05) is 6.61 Å². The molecule has 0 heterocycles. The summed E-state index contributed by atoms with van der Waals surface area (Å²) < 4.78 is 4.89. The first kappa shape index (κ1) is 11.0. The summed E-state index contributed by atoms with van der Waals surface area (Å²) in [6.45, 7) is 6.01. The highest BCUT2D eigenvalue weighted by Crippen LogP contribution is 2.33. The second-order valence-corrected chi connectivity index (χ2v) is 3.58. The minimum absolute atomic E-state index is 0.196. The molecule has 0 aromatic rings. The summed E-state index contributed by atoms with van der Waals surface area (Å²) in [5, 5.41) is 0. The predicted molar refractivity (Wildman–Crippen MR) is 56.9 cm³/mol. The highest BCUT2D eigenvalue weighted by Gasteiger charge is 2.20. The van der Waals surface area contributed by atoms with Gasteiger partial charge in [0, 0.05) is 6.08 Å². The third-order valence-corrected chi connectivity index (χ3v) is 2.58. The lowest BCUT2D eigenvalue weighted by atomic mass is 9.99. The fourth-order valence-corrected chi connectivity index (χ4v) is 1.94. The first-order valence-electron chi connectivity index (χ1n) is 5.26. The predicted octanol–water partition coefficient (Wildman–Crippen LogP) is 2.85. The molecule has 1 rings (SSSR count). The maximum atomic E-state index is 11.2. The third-order valence-electron chi connectivity index (χ3n) is 2.58. The van der Waals surface area contributed by atoms with Crippen LogP contribution in [0.1, 0.15) is 32.6 Å². The van der Waals surface area contributed by atoms with Crippen LogP contribution < -0.4 is 0 Å². The van der Waals surface area contributed by atoms with E-state index in [9.17, 15) is 4.79 Å². The Labute approximate surface area is 85.6 Å². The lowest BCUT2D eigenvalue weighted by Gasteiger charge is -2.08. The molecule has 1 aliphatic rings. The molecule has 0 bridgehead atoms. The molecule has 0 aliphatic heterocycles. The Morgan fingerprint density at radius 1 is 1.71 bits per heavy atom. The first-order chi connectivity index (χ1) is 6.77. The van der Waals surface area contributed by atoms with E-state index in [0.717, 1.165) is 12.8 Å². The van der Waals surface area contributed by atoms with Crippen LogP contribution in [0.25, 0.3) is 0 Å². The monoisotopic (exact) mass is 194 g/mol. The summed E-state index contributed by atoms with van der Waals surface area (Å²) in [5.74, 6) is 0.329. The molecule has 0 amide bonds. The van der Waals surface area contributed by atoms with Crippen LogP contribution in [0.2, 0.25) is 0 Å². The van der Waals surface area contributed by atoms with Crippen molar-refractivity contribution in [2.24, 2.45) is 5.92 Å². The SMILES string of the molecule is C=CCC1CCC/C1=C\C(=O)OCC. The smallest absolute Gasteiger partial charge is 0.330 e. The van der Waals surface area contributed by atoms with Gasteiger partial charge in [-0.3, -0.25) is 0 Å². The zero-order valence-corrected chi connectivity index (χ0v) is 8.79. The second kappa shape index (κ2) is 5.63. The van der Waals surface area contributed by atoms with Gasteiger partial charge in [0.1, 0.15) is 0 Å². The maximum Gasteiger partial charge on any atom is 0.330 e. The molecule has 0 saturated heterocycles. The summed E-state index contributed by atoms with van der Waals surface area (Å²) in [5.41, 5.74) is 1.24. The number of allylic oxidation sites excluding steroid dienone is 2. The van der Waals surface area contributed by atoms with Gasteiger partial charge >= 0.3 is 5.97 Å². The summed E-state index contributed by atoms with van der Waals surface area (Å²) in [7, 11) is 0. The standard InChI is InChI=1S/C12H18O2/c1-3-6-10-7-5-8-11(10)9-12(13)14-4-2/h3,9-10H,1,4-8H2,2H3/b11-9+. The van der Waals surface area contributed by atoms with Gasteiger partial charge in [-0.2, -0.15) is 0 Å². The van der Waals surface area contributed by atoms with Crippen LogP contribution in [0.15, 0.2) is 24.3 Å². The molecule has 2 heteroatoms. The molecule has 1 saturated carbocycles. The fourth-order valence-electron chi connectivity index (χ4n) is 1.94. The van der Waals surface area contributed by atoms with Crippen LogP contribution >= 0.6 is 0 Å². The Kier molecular flexibility index (Phi) is 4.44. The molecular weight excluding hydrogens is 176 g/mol. The van der Waals surface area contributed by atoms with Crippen LogP contribution in [0.3, 0.4) is 0 Å². The zero-order chi connectivity index (χ0) is 10.4. The summed E-state index contributed by atoms with van der Waals surface area (Å²) in [6, 6.07) is 0. The van der Waals surface area contributed by atoms with Gasteiger partial charge in [-0.25, -0.2) is 4.79 Å². The molecule has 0 spiro atoms. The number of carbonyl (C=O) groups excluding carboxylic acids is 1. The molecule has 0 aromatic heterocycles. The topological polar surface area (TPSA) is 26.3 Å². The molecule has 14 heavy (non-hydrogen) atoms. The van der Waals surface area contributed by atoms with E-state index < -0.39 is 0 Å². The molecule has 1 unspecified atom stereocenters. The Morgan fingerprint density at radius 2 is 2.50 bits per heavy atom. The number of ether oxygens (including phenoxy) is 1. The van der Waals surface area contributed by atoms with Crippen molar-refractivity contribution in [3.8, 4) is 0 Å². The molecule has 1 atom stereocenters. The number of hydrogen-bond acceptors (Lipinski definition) is 2. The van der Waals surface area contributed by atoms with Crippen LogP contribution in [0.4, 0.5) is 0 Å². The molecule has 1 fully saturated rings.